The van der Waals surface area contributed by atoms with E-state index in [2.05, 4.69) is 0 Å². The van der Waals surface area contributed by atoms with Crippen LogP contribution in [-0.4, -0.2) is 39.5 Å². The molecule has 1 rings (SSSR count). The maximum Gasteiger partial charge on any atom is 0.323 e. The topological polar surface area (TPSA) is 95.7 Å². The van der Waals surface area contributed by atoms with Crippen molar-refractivity contribution in [3.8, 4) is 5.75 Å². The van der Waals surface area contributed by atoms with E-state index in [0.717, 1.165) is 11.8 Å². The lowest BCUT2D eigenvalue weighted by Gasteiger charge is -2.11. The maximum absolute atomic E-state index is 11.6. The minimum atomic E-state index is -3.13. The number of ether oxygens (including phenoxy) is 2. The Morgan fingerprint density at radius 2 is 2.10 bits per heavy atom. The lowest BCUT2D eigenvalue weighted by atomic mass is 10.2. The van der Waals surface area contributed by atoms with Crippen LogP contribution >= 0.6 is 0 Å². The molecule has 0 radical (unpaired) electrons. The van der Waals surface area contributed by atoms with Crippen LogP contribution in [0.15, 0.2) is 24.3 Å². The van der Waals surface area contributed by atoms with E-state index in [-0.39, 0.29) is 18.8 Å². The van der Waals surface area contributed by atoms with Crippen molar-refractivity contribution in [2.75, 3.05) is 19.1 Å². The molecule has 0 bridgehead atoms. The van der Waals surface area contributed by atoms with Crippen LogP contribution in [0.1, 0.15) is 12.0 Å². The second kappa shape index (κ2) is 7.25. The average molecular weight is 301 g/mol. The van der Waals surface area contributed by atoms with Gasteiger partial charge in [-0.3, -0.25) is 4.79 Å². The number of esters is 1. The molecule has 0 aliphatic rings. The third-order valence-corrected chi connectivity index (χ3v) is 3.59. The number of rotatable bonds is 7. The highest BCUT2D eigenvalue weighted by Crippen LogP contribution is 2.13. The number of sulfone groups is 1. The van der Waals surface area contributed by atoms with Crippen LogP contribution in [0.3, 0.4) is 0 Å². The van der Waals surface area contributed by atoms with Crippen LogP contribution in [-0.2, 0) is 26.0 Å². The third-order valence-electron chi connectivity index (χ3n) is 2.62. The van der Waals surface area contributed by atoms with Crippen molar-refractivity contribution in [3.63, 3.8) is 0 Å². The van der Waals surface area contributed by atoms with Gasteiger partial charge in [0.25, 0.3) is 0 Å². The molecule has 7 heteroatoms. The second-order valence-corrected chi connectivity index (χ2v) is 6.74. The van der Waals surface area contributed by atoms with Crippen molar-refractivity contribution in [2.45, 2.75) is 19.1 Å². The van der Waals surface area contributed by atoms with Gasteiger partial charge in [-0.05, 0) is 24.1 Å². The molecule has 1 unspecified atom stereocenters. The van der Waals surface area contributed by atoms with Crippen LogP contribution in [0.4, 0.5) is 0 Å². The molecule has 0 aliphatic heterocycles. The summed E-state index contributed by atoms with van der Waals surface area (Å²) < 4.78 is 32.1. The van der Waals surface area contributed by atoms with E-state index in [0.29, 0.717) is 5.75 Å². The number of benzene rings is 1. The predicted molar refractivity (Wildman–Crippen MR) is 75.1 cm³/mol. The van der Waals surface area contributed by atoms with Gasteiger partial charge in [0, 0.05) is 6.26 Å². The smallest absolute Gasteiger partial charge is 0.323 e. The van der Waals surface area contributed by atoms with E-state index in [1.807, 2.05) is 0 Å². The SMILES string of the molecule is COc1cccc(COC(=O)C(N)CCS(C)(=O)=O)c1. The first-order valence-corrected chi connectivity index (χ1v) is 8.11. The lowest BCUT2D eigenvalue weighted by Crippen LogP contribution is -2.34. The molecule has 2 N–H and O–H groups in total. The van der Waals surface area contributed by atoms with Crippen LogP contribution < -0.4 is 10.5 Å². The zero-order valence-electron chi connectivity index (χ0n) is 11.5. The van der Waals surface area contributed by atoms with E-state index >= 15 is 0 Å². The molecule has 1 atom stereocenters. The molecule has 1 aromatic carbocycles. The zero-order chi connectivity index (χ0) is 15.2. The molecule has 20 heavy (non-hydrogen) atoms. The summed E-state index contributed by atoms with van der Waals surface area (Å²) in [7, 11) is -1.59. The molecule has 0 spiro atoms. The monoisotopic (exact) mass is 301 g/mol. The van der Waals surface area contributed by atoms with Crippen molar-refractivity contribution in [2.24, 2.45) is 5.73 Å². The number of methoxy groups -OCH3 is 1. The first-order chi connectivity index (χ1) is 9.31. The molecule has 0 saturated heterocycles. The van der Waals surface area contributed by atoms with Crippen molar-refractivity contribution in [1.29, 1.82) is 0 Å². The van der Waals surface area contributed by atoms with Gasteiger partial charge >= 0.3 is 5.97 Å². The molecular formula is C13H19NO5S. The summed E-state index contributed by atoms with van der Waals surface area (Å²) >= 11 is 0. The number of nitrogens with two attached hydrogens (primary N) is 1. The molecule has 0 aromatic heterocycles. The van der Waals surface area contributed by atoms with Gasteiger partial charge in [-0.1, -0.05) is 12.1 Å². The first kappa shape index (κ1) is 16.5. The highest BCUT2D eigenvalue weighted by molar-refractivity contribution is 7.90. The highest BCUT2D eigenvalue weighted by Gasteiger charge is 2.17. The molecule has 112 valence electrons. The minimum absolute atomic E-state index is 0.0514. The summed E-state index contributed by atoms with van der Waals surface area (Å²) in [6.45, 7) is 0.0720. The van der Waals surface area contributed by atoms with E-state index in [1.54, 1.807) is 31.4 Å². The fraction of sp³-hybridized carbons (Fsp3) is 0.462. The maximum atomic E-state index is 11.6. The van der Waals surface area contributed by atoms with Crippen LogP contribution in [0.2, 0.25) is 0 Å². The molecule has 0 aliphatic carbocycles. The van der Waals surface area contributed by atoms with Gasteiger partial charge in [0.1, 0.15) is 28.2 Å². The second-order valence-electron chi connectivity index (χ2n) is 4.48. The van der Waals surface area contributed by atoms with Crippen LogP contribution in [0.25, 0.3) is 0 Å². The minimum Gasteiger partial charge on any atom is -0.497 e. The Bertz CT molecular complexity index is 556. The normalized spacial score (nSPS) is 12.8. The Morgan fingerprint density at radius 3 is 2.70 bits per heavy atom. The lowest BCUT2D eigenvalue weighted by molar-refractivity contribution is -0.146. The van der Waals surface area contributed by atoms with Crippen molar-refractivity contribution < 1.29 is 22.7 Å². The van der Waals surface area contributed by atoms with Crippen LogP contribution in [0.5, 0.6) is 5.75 Å². The summed E-state index contributed by atoms with van der Waals surface area (Å²) in [5, 5.41) is 0. The molecule has 1 aromatic rings. The Balaban J connectivity index is 2.46. The number of carbonyl (C=O) groups excluding carboxylic acids is 1. The van der Waals surface area contributed by atoms with Gasteiger partial charge in [0.05, 0.1) is 12.9 Å². The fourth-order valence-electron chi connectivity index (χ4n) is 1.48. The molecule has 0 amide bonds. The molecule has 0 heterocycles. The first-order valence-electron chi connectivity index (χ1n) is 6.04. The largest absolute Gasteiger partial charge is 0.497 e. The standard InChI is InChI=1S/C13H19NO5S/c1-18-11-5-3-4-10(8-11)9-19-13(15)12(14)6-7-20(2,16)17/h3-5,8,12H,6-7,9,14H2,1-2H3. The summed E-state index contributed by atoms with van der Waals surface area (Å²) in [4.78, 5) is 11.6. The van der Waals surface area contributed by atoms with Crippen molar-refractivity contribution in [1.82, 2.24) is 0 Å². The van der Waals surface area contributed by atoms with E-state index in [9.17, 15) is 13.2 Å². The van der Waals surface area contributed by atoms with Gasteiger partial charge in [0.15, 0.2) is 0 Å². The summed E-state index contributed by atoms with van der Waals surface area (Å²) in [6, 6.07) is 6.16. The predicted octanol–water partition coefficient (Wildman–Crippen LogP) is 0.500. The summed E-state index contributed by atoms with van der Waals surface area (Å²) in [5.41, 5.74) is 6.35. The zero-order valence-corrected chi connectivity index (χ0v) is 12.4. The van der Waals surface area contributed by atoms with Crippen molar-refractivity contribution in [3.05, 3.63) is 29.8 Å². The Morgan fingerprint density at radius 1 is 1.40 bits per heavy atom. The molecule has 6 nitrogen and oxygen atoms in total. The van der Waals surface area contributed by atoms with Gasteiger partial charge in [-0.25, -0.2) is 8.42 Å². The average Bonchev–Trinajstić information content (AvgIpc) is 2.41. The number of hydrogen-bond acceptors (Lipinski definition) is 6. The van der Waals surface area contributed by atoms with E-state index in [1.165, 1.54) is 0 Å². The van der Waals surface area contributed by atoms with Gasteiger partial charge in [-0.15, -0.1) is 0 Å². The number of hydrogen-bond donors (Lipinski definition) is 1. The molecular weight excluding hydrogens is 282 g/mol. The van der Waals surface area contributed by atoms with Gasteiger partial charge in [0.2, 0.25) is 0 Å². The summed E-state index contributed by atoms with van der Waals surface area (Å²) in [5.74, 6) is -0.0843. The summed E-state index contributed by atoms with van der Waals surface area (Å²) in [6.07, 6.45) is 1.15. The third kappa shape index (κ3) is 6.03. The fourth-order valence-corrected chi connectivity index (χ4v) is 2.16. The van der Waals surface area contributed by atoms with Crippen LogP contribution in [0, 0.1) is 0 Å². The Labute approximate surface area is 118 Å². The number of carbonyl (C=O) groups is 1. The molecule has 0 fully saturated rings. The Kier molecular flexibility index (Phi) is 5.97. The van der Waals surface area contributed by atoms with E-state index in [4.69, 9.17) is 15.2 Å². The highest BCUT2D eigenvalue weighted by atomic mass is 32.2. The van der Waals surface area contributed by atoms with Crippen molar-refractivity contribution >= 4 is 15.8 Å². The van der Waals surface area contributed by atoms with E-state index < -0.39 is 21.8 Å². The molecule has 0 saturated carbocycles. The van der Waals surface area contributed by atoms with Gasteiger partial charge in [-0.2, -0.15) is 0 Å². The van der Waals surface area contributed by atoms with Gasteiger partial charge < -0.3 is 15.2 Å². The Hall–Kier alpha value is -1.60. The quantitative estimate of drug-likeness (QED) is 0.737.